The molecule has 0 saturated heterocycles. The highest BCUT2D eigenvalue weighted by molar-refractivity contribution is 7.12. The highest BCUT2D eigenvalue weighted by Crippen LogP contribution is 2.30. The van der Waals surface area contributed by atoms with Gasteiger partial charge in [-0.15, -0.1) is 11.3 Å². The molecule has 1 aliphatic heterocycles. The van der Waals surface area contributed by atoms with Crippen molar-refractivity contribution in [1.29, 1.82) is 0 Å². The lowest BCUT2D eigenvalue weighted by Crippen LogP contribution is -2.24. The summed E-state index contributed by atoms with van der Waals surface area (Å²) in [6, 6.07) is 4.38. The van der Waals surface area contributed by atoms with Crippen LogP contribution in [0.4, 0.5) is 0 Å². The Labute approximate surface area is 127 Å². The van der Waals surface area contributed by atoms with Crippen LogP contribution >= 0.6 is 11.3 Å². The molecule has 6 heteroatoms. The van der Waals surface area contributed by atoms with Crippen LogP contribution in [0.25, 0.3) is 0 Å². The predicted molar refractivity (Wildman–Crippen MR) is 80.2 cm³/mol. The van der Waals surface area contributed by atoms with E-state index in [1.807, 2.05) is 17.4 Å². The Morgan fingerprint density at radius 3 is 2.90 bits per heavy atom. The summed E-state index contributed by atoms with van der Waals surface area (Å²) in [6.45, 7) is 2.82. The van der Waals surface area contributed by atoms with Crippen molar-refractivity contribution in [2.75, 3.05) is 14.2 Å². The zero-order valence-corrected chi connectivity index (χ0v) is 13.2. The third kappa shape index (κ3) is 3.16. The van der Waals surface area contributed by atoms with Crippen LogP contribution in [-0.2, 0) is 24.2 Å². The van der Waals surface area contributed by atoms with Crippen LogP contribution in [0.5, 0.6) is 11.9 Å². The second-order valence-electron chi connectivity index (χ2n) is 5.04. The maximum atomic E-state index is 5.93. The van der Waals surface area contributed by atoms with Crippen molar-refractivity contribution in [3.63, 3.8) is 0 Å². The monoisotopic (exact) mass is 306 g/mol. The molecular weight excluding hydrogens is 288 g/mol. The molecule has 1 atom stereocenters. The fraction of sp³-hybridized carbons (Fsp3) is 0.467. The second kappa shape index (κ2) is 5.99. The van der Waals surface area contributed by atoms with Crippen molar-refractivity contribution in [2.24, 2.45) is 0 Å². The van der Waals surface area contributed by atoms with Crippen molar-refractivity contribution in [3.05, 3.63) is 33.1 Å². The molecule has 0 amide bonds. The molecule has 0 aromatic carbocycles. The smallest absolute Gasteiger partial charge is 0.319 e. The first-order valence-electron chi connectivity index (χ1n) is 6.83. The van der Waals surface area contributed by atoms with Gasteiger partial charge in [0, 0.05) is 28.7 Å². The van der Waals surface area contributed by atoms with Crippen molar-refractivity contribution in [1.82, 2.24) is 9.97 Å². The normalized spacial score (nSPS) is 17.4. The molecular formula is C15H18N2O3S. The van der Waals surface area contributed by atoms with Crippen LogP contribution in [0.15, 0.2) is 12.1 Å². The van der Waals surface area contributed by atoms with E-state index in [0.29, 0.717) is 18.5 Å². The summed E-state index contributed by atoms with van der Waals surface area (Å²) in [5.41, 5.74) is 2.20. The Bertz CT molecular complexity index is 620. The lowest BCUT2D eigenvalue weighted by atomic mass is 10.0. The van der Waals surface area contributed by atoms with Gasteiger partial charge in [0.1, 0.15) is 0 Å². The number of nitrogens with zero attached hydrogens (tertiary/aromatic N) is 2. The van der Waals surface area contributed by atoms with Crippen LogP contribution in [0.1, 0.15) is 21.0 Å². The van der Waals surface area contributed by atoms with E-state index in [9.17, 15) is 0 Å². The molecule has 0 spiro atoms. The first kappa shape index (κ1) is 14.3. The average Bonchev–Trinajstić information content (AvgIpc) is 2.86. The molecule has 0 bridgehead atoms. The van der Waals surface area contributed by atoms with Crippen LogP contribution < -0.4 is 9.47 Å². The first-order chi connectivity index (χ1) is 10.2. The number of fused-ring (bicyclic) bond motifs is 1. The Balaban J connectivity index is 1.75. The number of aromatic nitrogens is 2. The topological polar surface area (TPSA) is 53.5 Å². The fourth-order valence-electron chi connectivity index (χ4n) is 2.50. The molecule has 0 aliphatic carbocycles. The van der Waals surface area contributed by atoms with E-state index in [0.717, 1.165) is 18.5 Å². The molecule has 3 rings (SSSR count). The van der Waals surface area contributed by atoms with Gasteiger partial charge in [0.25, 0.3) is 0 Å². The minimum absolute atomic E-state index is 0.139. The molecule has 0 fully saturated rings. The fourth-order valence-corrected chi connectivity index (χ4v) is 3.61. The quantitative estimate of drug-likeness (QED) is 0.869. The average molecular weight is 306 g/mol. The highest BCUT2D eigenvalue weighted by Gasteiger charge is 2.22. The van der Waals surface area contributed by atoms with E-state index in [1.54, 1.807) is 14.2 Å². The van der Waals surface area contributed by atoms with Crippen molar-refractivity contribution in [3.8, 4) is 11.9 Å². The van der Waals surface area contributed by atoms with Gasteiger partial charge in [0.15, 0.2) is 0 Å². The van der Waals surface area contributed by atoms with Crippen LogP contribution in [0.2, 0.25) is 0 Å². The maximum absolute atomic E-state index is 5.93. The van der Waals surface area contributed by atoms with Gasteiger partial charge in [0.05, 0.1) is 32.6 Å². The molecule has 0 radical (unpaired) electrons. The first-order valence-corrected chi connectivity index (χ1v) is 7.65. The molecule has 112 valence electrons. The van der Waals surface area contributed by atoms with Crippen molar-refractivity contribution < 1.29 is 14.2 Å². The van der Waals surface area contributed by atoms with Gasteiger partial charge < -0.3 is 14.2 Å². The summed E-state index contributed by atoms with van der Waals surface area (Å²) < 4.78 is 16.2. The predicted octanol–water partition coefficient (Wildman–Crippen LogP) is 2.55. The van der Waals surface area contributed by atoms with E-state index >= 15 is 0 Å². The lowest BCUT2D eigenvalue weighted by molar-refractivity contribution is 0.0296. The molecule has 3 heterocycles. The number of methoxy groups -OCH3 is 2. The third-order valence-electron chi connectivity index (χ3n) is 3.47. The van der Waals surface area contributed by atoms with Gasteiger partial charge in [-0.25, -0.2) is 0 Å². The van der Waals surface area contributed by atoms with E-state index in [-0.39, 0.29) is 6.10 Å². The number of hydrogen-bond donors (Lipinski definition) is 0. The zero-order valence-electron chi connectivity index (χ0n) is 12.4. The van der Waals surface area contributed by atoms with Crippen LogP contribution in [-0.4, -0.2) is 30.3 Å². The Kier molecular flexibility index (Phi) is 4.07. The standard InChI is InChI=1S/C15H18N2O3S/c1-9-4-10-8-20-12(7-13(10)21-9)5-11-6-14(18-2)17-15(16-11)19-3/h4,6,12H,5,7-8H2,1-3H3. The summed E-state index contributed by atoms with van der Waals surface area (Å²) >= 11 is 1.86. The number of thiophene rings is 1. The van der Waals surface area contributed by atoms with Gasteiger partial charge in [-0.3, -0.25) is 0 Å². The van der Waals surface area contributed by atoms with Crippen molar-refractivity contribution >= 4 is 11.3 Å². The summed E-state index contributed by atoms with van der Waals surface area (Å²) in [5, 5.41) is 0. The maximum Gasteiger partial charge on any atom is 0.319 e. The molecule has 1 unspecified atom stereocenters. The Morgan fingerprint density at radius 1 is 1.29 bits per heavy atom. The minimum atomic E-state index is 0.139. The van der Waals surface area contributed by atoms with Gasteiger partial charge in [-0.05, 0) is 18.6 Å². The third-order valence-corrected chi connectivity index (χ3v) is 4.59. The van der Waals surface area contributed by atoms with Gasteiger partial charge in [-0.1, -0.05) is 0 Å². The van der Waals surface area contributed by atoms with Gasteiger partial charge in [-0.2, -0.15) is 9.97 Å². The minimum Gasteiger partial charge on any atom is -0.481 e. The Hall–Kier alpha value is -1.66. The lowest BCUT2D eigenvalue weighted by Gasteiger charge is -2.22. The summed E-state index contributed by atoms with van der Waals surface area (Å²) in [7, 11) is 3.14. The summed E-state index contributed by atoms with van der Waals surface area (Å²) in [5.74, 6) is 0.514. The summed E-state index contributed by atoms with van der Waals surface area (Å²) in [6.07, 6.45) is 1.80. The number of aryl methyl sites for hydroxylation is 1. The summed E-state index contributed by atoms with van der Waals surface area (Å²) in [4.78, 5) is 11.2. The van der Waals surface area contributed by atoms with Crippen LogP contribution in [0, 0.1) is 6.92 Å². The van der Waals surface area contributed by atoms with Crippen LogP contribution in [0.3, 0.4) is 0 Å². The van der Waals surface area contributed by atoms with Gasteiger partial charge in [0.2, 0.25) is 5.88 Å². The van der Waals surface area contributed by atoms with Gasteiger partial charge >= 0.3 is 6.01 Å². The molecule has 5 nitrogen and oxygen atoms in total. The number of rotatable bonds is 4. The van der Waals surface area contributed by atoms with E-state index in [2.05, 4.69) is 23.0 Å². The molecule has 0 N–H and O–H groups in total. The molecule has 21 heavy (non-hydrogen) atoms. The molecule has 1 aliphatic rings. The van der Waals surface area contributed by atoms with E-state index < -0.39 is 0 Å². The van der Waals surface area contributed by atoms with E-state index in [1.165, 1.54) is 15.3 Å². The molecule has 2 aromatic heterocycles. The van der Waals surface area contributed by atoms with E-state index in [4.69, 9.17) is 14.2 Å². The molecule has 0 saturated carbocycles. The second-order valence-corrected chi connectivity index (χ2v) is 6.38. The molecule has 2 aromatic rings. The number of hydrogen-bond acceptors (Lipinski definition) is 6. The number of ether oxygens (including phenoxy) is 3. The highest BCUT2D eigenvalue weighted by atomic mass is 32.1. The largest absolute Gasteiger partial charge is 0.481 e. The zero-order chi connectivity index (χ0) is 14.8. The SMILES string of the molecule is COc1cc(CC2Cc3sc(C)cc3CO2)nc(OC)n1. The van der Waals surface area contributed by atoms with Crippen molar-refractivity contribution in [2.45, 2.75) is 32.5 Å². The Morgan fingerprint density at radius 2 is 2.14 bits per heavy atom.